The zero-order valence-electron chi connectivity index (χ0n) is 11.5. The van der Waals surface area contributed by atoms with Crippen LogP contribution >= 0.6 is 11.6 Å². The van der Waals surface area contributed by atoms with Crippen molar-refractivity contribution in [2.75, 3.05) is 0 Å². The second-order valence-corrected chi connectivity index (χ2v) is 5.80. The molecule has 0 unspecified atom stereocenters. The van der Waals surface area contributed by atoms with Crippen LogP contribution in [0.2, 0.25) is 5.15 Å². The number of nitriles is 1. The Hall–Kier alpha value is -2.59. The molecule has 0 radical (unpaired) electrons. The molecule has 0 aliphatic heterocycles. The van der Waals surface area contributed by atoms with E-state index in [0.29, 0.717) is 12.1 Å². The van der Waals surface area contributed by atoms with Gasteiger partial charge in [0.15, 0.2) is 10.8 Å². The van der Waals surface area contributed by atoms with Crippen LogP contribution in [0.3, 0.4) is 0 Å². The molecule has 1 aromatic carbocycles. The Kier molecular flexibility index (Phi) is 3.03. The van der Waals surface area contributed by atoms with E-state index >= 15 is 0 Å². The molecular formula is C15H8ClF2N5. The fraction of sp³-hybridized carbons (Fsp3) is 0.200. The lowest BCUT2D eigenvalue weighted by atomic mass is 10.0. The van der Waals surface area contributed by atoms with Crippen molar-refractivity contribution in [3.8, 4) is 6.07 Å². The van der Waals surface area contributed by atoms with Crippen LogP contribution in [0.1, 0.15) is 34.9 Å². The summed E-state index contributed by atoms with van der Waals surface area (Å²) in [4.78, 5) is 4.12. The summed E-state index contributed by atoms with van der Waals surface area (Å²) in [5.74, 6) is -1.83. The average molecular weight is 332 g/mol. The van der Waals surface area contributed by atoms with Crippen molar-refractivity contribution >= 4 is 17.2 Å². The van der Waals surface area contributed by atoms with Gasteiger partial charge in [-0.3, -0.25) is 0 Å². The van der Waals surface area contributed by atoms with Gasteiger partial charge in [-0.05, 0) is 36.5 Å². The van der Waals surface area contributed by atoms with E-state index in [0.717, 1.165) is 17.7 Å². The number of halogens is 3. The first kappa shape index (κ1) is 14.0. The molecule has 2 heterocycles. The standard InChI is InChI=1S/C15H8ClF2N5/c16-13-4-10(15-20-6-21-23(15)22-13)8-3-9(8)14-11(17)1-7(5-19)2-12(14)18/h1-2,4,6,8-9H,3H2/t8-,9-/m0/s1. The second kappa shape index (κ2) is 4.96. The molecule has 114 valence electrons. The fourth-order valence-electron chi connectivity index (χ4n) is 2.94. The largest absolute Gasteiger partial charge is 0.213 e. The molecule has 0 spiro atoms. The number of aromatic nitrogens is 4. The van der Waals surface area contributed by atoms with Crippen LogP contribution in [0.15, 0.2) is 24.5 Å². The van der Waals surface area contributed by atoms with Gasteiger partial charge in [0.05, 0.1) is 11.6 Å². The van der Waals surface area contributed by atoms with E-state index in [1.807, 2.05) is 0 Å². The maximum absolute atomic E-state index is 14.1. The molecule has 0 amide bonds. The van der Waals surface area contributed by atoms with Gasteiger partial charge in [-0.2, -0.15) is 5.26 Å². The van der Waals surface area contributed by atoms with Gasteiger partial charge in [0.1, 0.15) is 18.0 Å². The van der Waals surface area contributed by atoms with Crippen molar-refractivity contribution in [2.24, 2.45) is 0 Å². The molecule has 8 heteroatoms. The Bertz CT molecular complexity index is 955. The predicted molar refractivity (Wildman–Crippen MR) is 77.0 cm³/mol. The van der Waals surface area contributed by atoms with E-state index < -0.39 is 11.6 Å². The molecule has 1 saturated carbocycles. The number of hydrogen-bond acceptors (Lipinski definition) is 4. The minimum Gasteiger partial charge on any atom is -0.213 e. The number of fused-ring (bicyclic) bond motifs is 1. The quantitative estimate of drug-likeness (QED) is 0.723. The van der Waals surface area contributed by atoms with Crippen LogP contribution in [-0.4, -0.2) is 19.8 Å². The Labute approximate surface area is 134 Å². The molecule has 4 rings (SSSR count). The smallest absolute Gasteiger partial charge is 0.179 e. The monoisotopic (exact) mass is 331 g/mol. The molecule has 5 nitrogen and oxygen atoms in total. The van der Waals surface area contributed by atoms with Crippen molar-refractivity contribution in [1.29, 1.82) is 5.26 Å². The second-order valence-electron chi connectivity index (χ2n) is 5.41. The maximum Gasteiger partial charge on any atom is 0.179 e. The van der Waals surface area contributed by atoms with Crippen LogP contribution in [0.4, 0.5) is 8.78 Å². The summed E-state index contributed by atoms with van der Waals surface area (Å²) in [6.45, 7) is 0. The lowest BCUT2D eigenvalue weighted by Gasteiger charge is -2.06. The van der Waals surface area contributed by atoms with E-state index in [9.17, 15) is 8.78 Å². The lowest BCUT2D eigenvalue weighted by Crippen LogP contribution is -2.00. The van der Waals surface area contributed by atoms with E-state index in [1.54, 1.807) is 12.1 Å². The number of benzene rings is 1. The minimum atomic E-state index is -0.702. The van der Waals surface area contributed by atoms with E-state index in [2.05, 4.69) is 15.2 Å². The maximum atomic E-state index is 14.1. The van der Waals surface area contributed by atoms with Crippen LogP contribution in [0.5, 0.6) is 0 Å². The first-order valence-corrected chi connectivity index (χ1v) is 7.21. The molecule has 2 atom stereocenters. The number of rotatable bonds is 2. The van der Waals surface area contributed by atoms with Gasteiger partial charge < -0.3 is 0 Å². The van der Waals surface area contributed by atoms with Crippen molar-refractivity contribution in [3.05, 3.63) is 58.0 Å². The Balaban J connectivity index is 1.76. The zero-order chi connectivity index (χ0) is 16.1. The third-order valence-corrected chi connectivity index (χ3v) is 4.21. The molecule has 1 aliphatic carbocycles. The highest BCUT2D eigenvalue weighted by atomic mass is 35.5. The Morgan fingerprint density at radius 1 is 1.22 bits per heavy atom. The van der Waals surface area contributed by atoms with Gasteiger partial charge in [0, 0.05) is 11.1 Å². The Morgan fingerprint density at radius 2 is 1.96 bits per heavy atom. The highest BCUT2D eigenvalue weighted by Crippen LogP contribution is 2.56. The first-order valence-electron chi connectivity index (χ1n) is 6.84. The summed E-state index contributed by atoms with van der Waals surface area (Å²) in [6, 6.07) is 5.50. The van der Waals surface area contributed by atoms with Gasteiger partial charge >= 0.3 is 0 Å². The minimum absolute atomic E-state index is 0.000370. The van der Waals surface area contributed by atoms with Crippen molar-refractivity contribution in [2.45, 2.75) is 18.3 Å². The van der Waals surface area contributed by atoms with Crippen LogP contribution in [0, 0.1) is 23.0 Å². The lowest BCUT2D eigenvalue weighted by molar-refractivity contribution is 0.554. The summed E-state index contributed by atoms with van der Waals surface area (Å²) in [6.07, 6.45) is 1.92. The molecule has 0 bridgehead atoms. The molecule has 1 aliphatic rings. The topological polar surface area (TPSA) is 66.9 Å². The predicted octanol–water partition coefficient (Wildman–Crippen LogP) is 3.20. The molecule has 0 N–H and O–H groups in total. The Morgan fingerprint density at radius 3 is 2.65 bits per heavy atom. The highest BCUT2D eigenvalue weighted by Gasteiger charge is 2.44. The fourth-order valence-corrected chi connectivity index (χ4v) is 3.13. The SMILES string of the molecule is N#Cc1cc(F)c([C@H]2C[C@@H]2c2cc(Cl)nn3ncnc23)c(F)c1. The van der Waals surface area contributed by atoms with E-state index in [1.165, 1.54) is 11.0 Å². The van der Waals surface area contributed by atoms with Gasteiger partial charge in [0.2, 0.25) is 0 Å². The molecule has 23 heavy (non-hydrogen) atoms. The van der Waals surface area contributed by atoms with Crippen molar-refractivity contribution in [1.82, 2.24) is 19.8 Å². The number of nitrogens with zero attached hydrogens (tertiary/aromatic N) is 5. The molecule has 2 aromatic heterocycles. The highest BCUT2D eigenvalue weighted by molar-refractivity contribution is 6.29. The molecule has 3 aromatic rings. The summed E-state index contributed by atoms with van der Waals surface area (Å²) >= 11 is 5.96. The summed E-state index contributed by atoms with van der Waals surface area (Å²) in [5, 5.41) is 16.9. The number of hydrogen-bond donors (Lipinski definition) is 0. The molecule has 1 fully saturated rings. The zero-order valence-corrected chi connectivity index (χ0v) is 12.3. The van der Waals surface area contributed by atoms with Crippen LogP contribution in [-0.2, 0) is 0 Å². The van der Waals surface area contributed by atoms with Gasteiger partial charge in [-0.15, -0.1) is 14.8 Å². The normalized spacial score (nSPS) is 19.7. The third kappa shape index (κ3) is 2.23. The first-order chi connectivity index (χ1) is 11.1. The van der Waals surface area contributed by atoms with Crippen molar-refractivity contribution in [3.63, 3.8) is 0 Å². The third-order valence-electron chi connectivity index (χ3n) is 4.02. The summed E-state index contributed by atoms with van der Waals surface area (Å²) < 4.78 is 29.6. The van der Waals surface area contributed by atoms with Crippen molar-refractivity contribution < 1.29 is 8.78 Å². The van der Waals surface area contributed by atoms with Crippen LogP contribution < -0.4 is 0 Å². The molecule has 0 saturated heterocycles. The van der Waals surface area contributed by atoms with Gasteiger partial charge in [0.25, 0.3) is 0 Å². The van der Waals surface area contributed by atoms with Gasteiger partial charge in [-0.25, -0.2) is 13.8 Å². The average Bonchev–Trinajstić information content (AvgIpc) is 3.13. The van der Waals surface area contributed by atoms with Crippen LogP contribution in [0.25, 0.3) is 5.65 Å². The summed E-state index contributed by atoms with van der Waals surface area (Å²) in [7, 11) is 0. The van der Waals surface area contributed by atoms with E-state index in [-0.39, 0.29) is 28.1 Å². The van der Waals surface area contributed by atoms with E-state index in [4.69, 9.17) is 16.9 Å². The molecular weight excluding hydrogens is 324 g/mol. The summed E-state index contributed by atoms with van der Waals surface area (Å²) in [5.41, 5.74) is 1.25. The van der Waals surface area contributed by atoms with Gasteiger partial charge in [-0.1, -0.05) is 11.6 Å².